The van der Waals surface area contributed by atoms with Crippen LogP contribution in [0.1, 0.15) is 37.7 Å². The molecule has 0 aromatic heterocycles. The van der Waals surface area contributed by atoms with Crippen molar-refractivity contribution in [3.63, 3.8) is 0 Å². The first-order valence-electron chi connectivity index (χ1n) is 10.2. The Kier molecular flexibility index (Phi) is 7.45. The maximum atomic E-state index is 13.4. The number of anilines is 1. The van der Waals surface area contributed by atoms with Crippen molar-refractivity contribution < 1.29 is 31.1 Å². The van der Waals surface area contributed by atoms with Gasteiger partial charge in [0.15, 0.2) is 0 Å². The molecule has 1 amide bonds. The van der Waals surface area contributed by atoms with Crippen LogP contribution >= 0.6 is 0 Å². The number of ether oxygens (including phenoxy) is 1. The molecule has 1 saturated carbocycles. The number of halogens is 3. The average molecular weight is 471 g/mol. The minimum Gasteiger partial charge on any atom is -0.495 e. The van der Waals surface area contributed by atoms with E-state index in [1.54, 1.807) is 24.3 Å². The molecule has 2 aromatic carbocycles. The lowest BCUT2D eigenvalue weighted by atomic mass is 9.95. The number of methoxy groups -OCH3 is 1. The Hall–Kier alpha value is -2.59. The zero-order chi connectivity index (χ0) is 23.4. The van der Waals surface area contributed by atoms with Gasteiger partial charge in [0.1, 0.15) is 5.75 Å². The van der Waals surface area contributed by atoms with Gasteiger partial charge >= 0.3 is 6.18 Å². The lowest BCUT2D eigenvalue weighted by Crippen LogP contribution is -2.45. The number of benzene rings is 2. The molecular weight excluding hydrogens is 445 g/mol. The van der Waals surface area contributed by atoms with E-state index >= 15 is 0 Å². The summed E-state index contributed by atoms with van der Waals surface area (Å²) < 4.78 is 72.4. The lowest BCUT2D eigenvalue weighted by Gasteiger charge is -2.33. The summed E-state index contributed by atoms with van der Waals surface area (Å²) in [5.74, 6) is -0.193. The summed E-state index contributed by atoms with van der Waals surface area (Å²) in [6.07, 6.45) is -1.08. The molecule has 0 heterocycles. The lowest BCUT2D eigenvalue weighted by molar-refractivity contribution is -0.137. The highest BCUT2D eigenvalue weighted by atomic mass is 32.2. The number of carbonyl (C=O) groups excluding carboxylic acids is 1. The fraction of sp³-hybridized carbons (Fsp3) is 0.409. The largest absolute Gasteiger partial charge is 0.495 e. The molecule has 0 spiro atoms. The van der Waals surface area contributed by atoms with Crippen LogP contribution in [0.3, 0.4) is 0 Å². The highest BCUT2D eigenvalue weighted by Gasteiger charge is 2.36. The Morgan fingerprint density at radius 3 is 2.44 bits per heavy atom. The Bertz CT molecular complexity index is 1050. The monoisotopic (exact) mass is 470 g/mol. The van der Waals surface area contributed by atoms with Gasteiger partial charge in [-0.15, -0.1) is 0 Å². The van der Waals surface area contributed by atoms with Crippen LogP contribution in [0.5, 0.6) is 5.75 Å². The third-order valence-corrected chi connectivity index (χ3v) is 7.32. The number of sulfonamides is 1. The van der Waals surface area contributed by atoms with E-state index in [1.165, 1.54) is 7.11 Å². The minimum absolute atomic E-state index is 0.375. The Morgan fingerprint density at radius 1 is 1.09 bits per heavy atom. The number of carbonyl (C=O) groups is 1. The number of nitrogens with one attached hydrogen (secondary N) is 1. The quantitative estimate of drug-likeness (QED) is 0.638. The molecule has 6 nitrogen and oxygen atoms in total. The molecule has 1 N–H and O–H groups in total. The average Bonchev–Trinajstić information content (AvgIpc) is 2.78. The molecule has 10 heteroatoms. The van der Waals surface area contributed by atoms with Crippen molar-refractivity contribution in [2.75, 3.05) is 19.0 Å². The Morgan fingerprint density at radius 2 is 1.78 bits per heavy atom. The number of hydrogen-bond donors (Lipinski definition) is 1. The van der Waals surface area contributed by atoms with Gasteiger partial charge < -0.3 is 10.1 Å². The van der Waals surface area contributed by atoms with Gasteiger partial charge in [0.2, 0.25) is 15.9 Å². The molecule has 2 aromatic rings. The van der Waals surface area contributed by atoms with E-state index in [1.807, 2.05) is 0 Å². The summed E-state index contributed by atoms with van der Waals surface area (Å²) in [7, 11) is -2.90. The number of hydrogen-bond acceptors (Lipinski definition) is 4. The summed E-state index contributed by atoms with van der Waals surface area (Å²) in [6.45, 7) is -0.513. The van der Waals surface area contributed by atoms with Crippen molar-refractivity contribution in [2.24, 2.45) is 0 Å². The molecule has 32 heavy (non-hydrogen) atoms. The first-order valence-corrected chi connectivity index (χ1v) is 11.7. The topological polar surface area (TPSA) is 75.7 Å². The van der Waals surface area contributed by atoms with Crippen LogP contribution in [0.2, 0.25) is 0 Å². The van der Waals surface area contributed by atoms with Crippen molar-refractivity contribution >= 4 is 21.6 Å². The van der Waals surface area contributed by atoms with E-state index in [2.05, 4.69) is 5.32 Å². The minimum atomic E-state index is -4.68. The van der Waals surface area contributed by atoms with Gasteiger partial charge in [-0.2, -0.15) is 17.5 Å². The molecule has 0 aliphatic heterocycles. The normalized spacial score (nSPS) is 15.5. The van der Waals surface area contributed by atoms with Crippen LogP contribution in [0.15, 0.2) is 53.4 Å². The van der Waals surface area contributed by atoms with Crippen molar-refractivity contribution in [3.05, 3.63) is 54.1 Å². The number of alkyl halides is 3. The van der Waals surface area contributed by atoms with Gasteiger partial charge in [-0.05, 0) is 43.2 Å². The Labute approximate surface area is 185 Å². The van der Waals surface area contributed by atoms with Crippen LogP contribution < -0.4 is 10.1 Å². The van der Waals surface area contributed by atoms with E-state index in [4.69, 9.17) is 4.74 Å². The number of rotatable bonds is 7. The van der Waals surface area contributed by atoms with Gasteiger partial charge in [0.05, 0.1) is 29.8 Å². The summed E-state index contributed by atoms with van der Waals surface area (Å²) in [5.41, 5.74) is -0.680. The van der Waals surface area contributed by atoms with Gasteiger partial charge in [-0.3, -0.25) is 4.79 Å². The van der Waals surface area contributed by atoms with Crippen molar-refractivity contribution in [1.82, 2.24) is 4.31 Å². The second kappa shape index (κ2) is 9.91. The van der Waals surface area contributed by atoms with E-state index in [-0.39, 0.29) is 0 Å². The van der Waals surface area contributed by atoms with Crippen molar-refractivity contribution in [2.45, 2.75) is 49.2 Å². The third-order valence-electron chi connectivity index (χ3n) is 5.43. The molecule has 0 radical (unpaired) electrons. The Balaban J connectivity index is 1.91. The van der Waals surface area contributed by atoms with Crippen LogP contribution in [-0.4, -0.2) is 38.3 Å². The molecule has 0 unspecified atom stereocenters. The summed E-state index contributed by atoms with van der Waals surface area (Å²) in [6, 6.07) is 9.82. The summed E-state index contributed by atoms with van der Waals surface area (Å²) >= 11 is 0. The number of nitrogens with zero attached hydrogens (tertiary/aromatic N) is 1. The molecule has 174 valence electrons. The highest BCUT2D eigenvalue weighted by Crippen LogP contribution is 2.33. The zero-order valence-corrected chi connectivity index (χ0v) is 18.4. The van der Waals surface area contributed by atoms with E-state index in [0.717, 1.165) is 41.8 Å². The second-order valence-corrected chi connectivity index (χ2v) is 9.51. The highest BCUT2D eigenvalue weighted by molar-refractivity contribution is 7.89. The SMILES string of the molecule is COc1ccccc1NC(=O)CN(C1CCCCC1)S(=O)(=O)c1cccc(C(F)(F)F)c1. The number of amides is 1. The zero-order valence-electron chi connectivity index (χ0n) is 17.6. The maximum Gasteiger partial charge on any atom is 0.416 e. The first kappa shape index (κ1) is 24.1. The van der Waals surface area contributed by atoms with E-state index in [9.17, 15) is 26.4 Å². The van der Waals surface area contributed by atoms with Crippen LogP contribution in [-0.2, 0) is 21.0 Å². The van der Waals surface area contributed by atoms with E-state index in [0.29, 0.717) is 30.3 Å². The molecule has 1 fully saturated rings. The van der Waals surface area contributed by atoms with Crippen molar-refractivity contribution in [1.29, 1.82) is 0 Å². The summed E-state index contributed by atoms with van der Waals surface area (Å²) in [4.78, 5) is 12.3. The van der Waals surface area contributed by atoms with Crippen molar-refractivity contribution in [3.8, 4) is 5.75 Å². The van der Waals surface area contributed by atoms with Gasteiger partial charge in [-0.1, -0.05) is 37.5 Å². The van der Waals surface area contributed by atoms with Gasteiger partial charge in [0, 0.05) is 6.04 Å². The van der Waals surface area contributed by atoms with Crippen LogP contribution in [0, 0.1) is 0 Å². The second-order valence-electron chi connectivity index (χ2n) is 7.62. The van der Waals surface area contributed by atoms with Gasteiger partial charge in [0.25, 0.3) is 0 Å². The molecule has 1 aliphatic rings. The predicted molar refractivity (Wildman–Crippen MR) is 114 cm³/mol. The predicted octanol–water partition coefficient (Wildman–Crippen LogP) is 4.68. The van der Waals surface area contributed by atoms with E-state index < -0.39 is 45.2 Å². The maximum absolute atomic E-state index is 13.4. The summed E-state index contributed by atoms with van der Waals surface area (Å²) in [5, 5.41) is 2.64. The fourth-order valence-electron chi connectivity index (χ4n) is 3.83. The standard InChI is InChI=1S/C22H25F3N2O4S/c1-31-20-13-6-5-12-19(20)26-21(28)15-27(17-9-3-2-4-10-17)32(29,30)18-11-7-8-16(14-18)22(23,24)25/h5-8,11-14,17H,2-4,9-10,15H2,1H3,(H,26,28). The molecular formula is C22H25F3N2O4S. The molecule has 0 bridgehead atoms. The van der Waals surface area contributed by atoms with Crippen LogP contribution in [0.25, 0.3) is 0 Å². The molecule has 1 aliphatic carbocycles. The molecule has 3 rings (SSSR count). The smallest absolute Gasteiger partial charge is 0.416 e. The third kappa shape index (κ3) is 5.60. The first-order chi connectivity index (χ1) is 15.1. The molecule has 0 saturated heterocycles. The molecule has 0 atom stereocenters. The number of para-hydroxylation sites is 2. The fourth-order valence-corrected chi connectivity index (χ4v) is 5.51. The van der Waals surface area contributed by atoms with Gasteiger partial charge in [-0.25, -0.2) is 8.42 Å². The van der Waals surface area contributed by atoms with Crippen LogP contribution in [0.4, 0.5) is 18.9 Å².